The van der Waals surface area contributed by atoms with Crippen LogP contribution in [-0.2, 0) is 4.79 Å². The number of benzene rings is 1. The van der Waals surface area contributed by atoms with Crippen LogP contribution >= 0.6 is 11.6 Å². The van der Waals surface area contributed by atoms with Crippen molar-refractivity contribution in [2.24, 2.45) is 11.7 Å². The Kier molecular flexibility index (Phi) is 5.98. The number of carboxylic acids is 1. The van der Waals surface area contributed by atoms with Crippen molar-refractivity contribution in [3.05, 3.63) is 45.9 Å². The summed E-state index contributed by atoms with van der Waals surface area (Å²) in [6, 6.07) is 5.81. The second-order valence-electron chi connectivity index (χ2n) is 7.51. The Morgan fingerprint density at radius 2 is 1.82 bits per heavy atom. The van der Waals surface area contributed by atoms with Gasteiger partial charge in [0.2, 0.25) is 0 Å². The molecule has 1 fully saturated rings. The average molecular weight is 402 g/mol. The van der Waals surface area contributed by atoms with Gasteiger partial charge in [-0.2, -0.15) is 0 Å². The van der Waals surface area contributed by atoms with Crippen molar-refractivity contribution in [1.82, 2.24) is 9.97 Å². The molecule has 0 radical (unpaired) electrons. The summed E-state index contributed by atoms with van der Waals surface area (Å²) in [5.41, 5.74) is 9.25. The Hall–Kier alpha value is -2.47. The number of hydrogen-bond donors (Lipinski definition) is 2. The van der Waals surface area contributed by atoms with E-state index in [1.807, 2.05) is 25.1 Å². The fourth-order valence-electron chi connectivity index (χ4n) is 4.07. The number of primary amides is 1. The van der Waals surface area contributed by atoms with Gasteiger partial charge in [-0.05, 0) is 63.0 Å². The topological polar surface area (TPSA) is 106 Å². The highest BCUT2D eigenvalue weighted by Crippen LogP contribution is 2.40. The van der Waals surface area contributed by atoms with Gasteiger partial charge < -0.3 is 10.8 Å². The summed E-state index contributed by atoms with van der Waals surface area (Å²) in [6.07, 6.45) is 3.92. The third-order valence-electron chi connectivity index (χ3n) is 5.50. The maximum Gasteiger partial charge on any atom is 0.303 e. The molecule has 7 heteroatoms. The molecule has 1 aliphatic rings. The first kappa shape index (κ1) is 20.3. The van der Waals surface area contributed by atoms with Crippen molar-refractivity contribution in [1.29, 1.82) is 0 Å². The van der Waals surface area contributed by atoms with Crippen molar-refractivity contribution < 1.29 is 14.7 Å². The maximum atomic E-state index is 11.6. The van der Waals surface area contributed by atoms with E-state index in [0.717, 1.165) is 36.8 Å². The number of hydrogen-bond acceptors (Lipinski definition) is 4. The molecule has 1 aliphatic carbocycles. The first-order valence-corrected chi connectivity index (χ1v) is 9.80. The molecule has 2 aromatic rings. The molecule has 3 N–H and O–H groups in total. The van der Waals surface area contributed by atoms with Crippen LogP contribution in [0.25, 0.3) is 11.3 Å². The normalized spacial score (nSPS) is 19.4. The lowest BCUT2D eigenvalue weighted by Gasteiger charge is -2.28. The van der Waals surface area contributed by atoms with Crippen LogP contribution < -0.4 is 5.73 Å². The summed E-state index contributed by atoms with van der Waals surface area (Å²) >= 11 is 6.59. The fraction of sp³-hybridized carbons (Fsp3) is 0.429. The predicted octanol–water partition coefficient (Wildman–Crippen LogP) is 4.26. The number of carbonyl (C=O) groups is 2. The van der Waals surface area contributed by atoms with Gasteiger partial charge in [-0.15, -0.1) is 0 Å². The quantitative estimate of drug-likeness (QED) is 0.778. The van der Waals surface area contributed by atoms with Gasteiger partial charge in [0.05, 0.1) is 17.1 Å². The summed E-state index contributed by atoms with van der Waals surface area (Å²) in [5, 5.41) is 9.62. The van der Waals surface area contributed by atoms with Gasteiger partial charge in [-0.25, -0.2) is 4.98 Å². The molecule has 1 amide bonds. The van der Waals surface area contributed by atoms with E-state index in [2.05, 4.69) is 9.97 Å². The zero-order valence-electron chi connectivity index (χ0n) is 16.0. The molecule has 6 nitrogen and oxygen atoms in total. The number of aliphatic carboxylic acids is 1. The van der Waals surface area contributed by atoms with Crippen molar-refractivity contribution in [2.45, 2.75) is 51.9 Å². The summed E-state index contributed by atoms with van der Waals surface area (Å²) in [7, 11) is 0. The number of amides is 1. The second kappa shape index (κ2) is 8.27. The highest BCUT2D eigenvalue weighted by atomic mass is 35.5. The molecule has 0 atom stereocenters. The van der Waals surface area contributed by atoms with Crippen LogP contribution in [0.3, 0.4) is 0 Å². The first-order chi connectivity index (χ1) is 13.3. The van der Waals surface area contributed by atoms with Gasteiger partial charge in [0.25, 0.3) is 5.91 Å². The van der Waals surface area contributed by atoms with Gasteiger partial charge >= 0.3 is 5.97 Å². The Labute approximate surface area is 169 Å². The molecule has 148 valence electrons. The van der Waals surface area contributed by atoms with E-state index in [1.165, 1.54) is 0 Å². The molecule has 1 aromatic heterocycles. The van der Waals surface area contributed by atoms with Crippen molar-refractivity contribution in [3.63, 3.8) is 0 Å². The van der Waals surface area contributed by atoms with Gasteiger partial charge in [-0.1, -0.05) is 23.7 Å². The lowest BCUT2D eigenvalue weighted by atomic mass is 9.77. The smallest absolute Gasteiger partial charge is 0.303 e. The molecule has 3 rings (SSSR count). The van der Waals surface area contributed by atoms with Crippen molar-refractivity contribution >= 4 is 23.5 Å². The Morgan fingerprint density at radius 3 is 2.39 bits per heavy atom. The minimum Gasteiger partial charge on any atom is -0.481 e. The molecule has 0 bridgehead atoms. The van der Waals surface area contributed by atoms with Gasteiger partial charge in [-0.3, -0.25) is 14.6 Å². The van der Waals surface area contributed by atoms with E-state index in [-0.39, 0.29) is 18.0 Å². The number of nitrogens with two attached hydrogens (primary N) is 1. The second-order valence-corrected chi connectivity index (χ2v) is 7.91. The van der Waals surface area contributed by atoms with Crippen LogP contribution in [0.15, 0.2) is 18.2 Å². The van der Waals surface area contributed by atoms with Crippen LogP contribution in [0.2, 0.25) is 5.02 Å². The van der Waals surface area contributed by atoms with E-state index >= 15 is 0 Å². The number of carbonyl (C=O) groups excluding carboxylic acids is 1. The third kappa shape index (κ3) is 4.33. The average Bonchev–Trinajstić information content (AvgIpc) is 2.62. The zero-order valence-corrected chi connectivity index (χ0v) is 16.8. The highest BCUT2D eigenvalue weighted by Gasteiger charge is 2.25. The first-order valence-electron chi connectivity index (χ1n) is 9.43. The minimum atomic E-state index is -0.726. The highest BCUT2D eigenvalue weighted by molar-refractivity contribution is 6.31. The lowest BCUT2D eigenvalue weighted by molar-refractivity contribution is -0.138. The van der Waals surface area contributed by atoms with Crippen molar-refractivity contribution in [2.75, 3.05) is 0 Å². The van der Waals surface area contributed by atoms with E-state index in [1.54, 1.807) is 6.92 Å². The van der Waals surface area contributed by atoms with Crippen molar-refractivity contribution in [3.8, 4) is 11.3 Å². The molecule has 0 spiro atoms. The lowest BCUT2D eigenvalue weighted by Crippen LogP contribution is -2.17. The number of aromatic nitrogens is 2. The van der Waals surface area contributed by atoms with Crippen LogP contribution in [-0.4, -0.2) is 27.0 Å². The molecule has 0 aliphatic heterocycles. The summed E-state index contributed by atoms with van der Waals surface area (Å²) in [6.45, 7) is 3.55. The molecule has 1 saturated carbocycles. The minimum absolute atomic E-state index is 0.164. The molecule has 1 heterocycles. The van der Waals surface area contributed by atoms with E-state index in [0.29, 0.717) is 28.0 Å². The summed E-state index contributed by atoms with van der Waals surface area (Å²) < 4.78 is 0. The number of aryl methyl sites for hydroxylation is 2. The van der Waals surface area contributed by atoms with Crippen LogP contribution in [0.4, 0.5) is 0 Å². The van der Waals surface area contributed by atoms with E-state index in [9.17, 15) is 9.59 Å². The molecular formula is C21H24ClN3O3. The Balaban J connectivity index is 1.83. The van der Waals surface area contributed by atoms with Gasteiger partial charge in [0, 0.05) is 17.0 Å². The van der Waals surface area contributed by atoms with Crippen LogP contribution in [0.1, 0.15) is 65.5 Å². The Morgan fingerprint density at radius 1 is 1.14 bits per heavy atom. The largest absolute Gasteiger partial charge is 0.481 e. The molecule has 0 unspecified atom stereocenters. The fourth-order valence-corrected chi connectivity index (χ4v) is 4.40. The number of nitrogens with zero attached hydrogens (tertiary/aromatic N) is 2. The van der Waals surface area contributed by atoms with Crippen LogP contribution in [0.5, 0.6) is 0 Å². The molecule has 1 aromatic carbocycles. The molecular weight excluding hydrogens is 378 g/mol. The summed E-state index contributed by atoms with van der Waals surface area (Å²) in [4.78, 5) is 31.3. The van der Waals surface area contributed by atoms with Gasteiger partial charge in [0.1, 0.15) is 5.69 Å². The van der Waals surface area contributed by atoms with E-state index < -0.39 is 11.9 Å². The number of rotatable bonds is 5. The number of halogens is 1. The molecule has 0 saturated heterocycles. The predicted molar refractivity (Wildman–Crippen MR) is 107 cm³/mol. The maximum absolute atomic E-state index is 11.6. The van der Waals surface area contributed by atoms with E-state index in [4.69, 9.17) is 22.4 Å². The third-order valence-corrected chi connectivity index (χ3v) is 5.83. The monoisotopic (exact) mass is 401 g/mol. The summed E-state index contributed by atoms with van der Waals surface area (Å²) in [5.74, 6) is -0.745. The van der Waals surface area contributed by atoms with Crippen LogP contribution in [0, 0.1) is 19.8 Å². The Bertz CT molecular complexity index is 921. The van der Waals surface area contributed by atoms with Gasteiger partial charge in [0.15, 0.2) is 0 Å². The standard InChI is InChI=1S/C21H24ClN3O3/c1-11-19(25-20(21(23)28)12(2)24-11)15-7-8-16(17(22)10-15)14-5-3-13(4-6-14)9-18(26)27/h7-8,10,13-14H,3-6,9H2,1-2H3,(H2,23,28)(H,26,27)/t13-,14+. The zero-order chi connectivity index (χ0) is 20.4. The number of carboxylic acid groups (broad SMARTS) is 1. The SMILES string of the molecule is Cc1nc(C)c(-c2ccc([C@H]3CC[C@@H](CC(=O)O)CC3)c(Cl)c2)nc1C(N)=O. The molecule has 28 heavy (non-hydrogen) atoms.